The molecule has 0 aliphatic heterocycles. The van der Waals surface area contributed by atoms with Crippen molar-refractivity contribution in [3.8, 4) is 0 Å². The van der Waals surface area contributed by atoms with E-state index in [1.165, 1.54) is 16.7 Å². The molecule has 0 spiro atoms. The molecule has 0 radical (unpaired) electrons. The summed E-state index contributed by atoms with van der Waals surface area (Å²) in [6.45, 7) is 8.62. The first-order valence-corrected chi connectivity index (χ1v) is 6.43. The summed E-state index contributed by atoms with van der Waals surface area (Å²) in [6.07, 6.45) is 1.06. The second-order valence-electron chi connectivity index (χ2n) is 5.12. The van der Waals surface area contributed by atoms with E-state index in [0.717, 1.165) is 19.5 Å². The maximum Gasteiger partial charge on any atom is 0.0558 e. The minimum atomic E-state index is 0.238. The van der Waals surface area contributed by atoms with Crippen LogP contribution in [0.15, 0.2) is 18.2 Å². The van der Waals surface area contributed by atoms with Crippen LogP contribution in [-0.4, -0.2) is 36.8 Å². The highest BCUT2D eigenvalue weighted by Crippen LogP contribution is 2.19. The van der Waals surface area contributed by atoms with Gasteiger partial charge in [-0.3, -0.25) is 0 Å². The standard InChI is InChI=1S/C15H25NO/c1-12(2)14-6-5-13(3)15(11-14)7-8-16(4)9-10-17/h5-6,11-12,17H,7-10H2,1-4H3. The number of nitrogens with zero attached hydrogens (tertiary/aromatic N) is 1. The Balaban J connectivity index is 2.66. The van der Waals surface area contributed by atoms with Crippen LogP contribution >= 0.6 is 0 Å². The van der Waals surface area contributed by atoms with Crippen LogP contribution < -0.4 is 0 Å². The molecule has 0 aliphatic carbocycles. The molecule has 0 aromatic heterocycles. The second-order valence-corrected chi connectivity index (χ2v) is 5.12. The van der Waals surface area contributed by atoms with Gasteiger partial charge in [0.1, 0.15) is 0 Å². The molecule has 96 valence electrons. The average Bonchev–Trinajstić information content (AvgIpc) is 2.28. The number of hydrogen-bond acceptors (Lipinski definition) is 2. The lowest BCUT2D eigenvalue weighted by molar-refractivity contribution is 0.223. The normalized spacial score (nSPS) is 11.5. The summed E-state index contributed by atoms with van der Waals surface area (Å²) >= 11 is 0. The third-order valence-electron chi connectivity index (χ3n) is 3.28. The van der Waals surface area contributed by atoms with E-state index < -0.39 is 0 Å². The topological polar surface area (TPSA) is 23.5 Å². The van der Waals surface area contributed by atoms with E-state index in [9.17, 15) is 0 Å². The largest absolute Gasteiger partial charge is 0.395 e. The molecule has 2 heteroatoms. The quantitative estimate of drug-likeness (QED) is 0.819. The molecule has 0 aliphatic rings. The van der Waals surface area contributed by atoms with Gasteiger partial charge in [0.05, 0.1) is 6.61 Å². The van der Waals surface area contributed by atoms with Crippen LogP contribution in [0.5, 0.6) is 0 Å². The van der Waals surface area contributed by atoms with Crippen molar-refractivity contribution in [3.05, 3.63) is 34.9 Å². The molecular weight excluding hydrogens is 210 g/mol. The molecular formula is C15H25NO. The second kappa shape index (κ2) is 6.77. The first-order valence-electron chi connectivity index (χ1n) is 6.43. The Morgan fingerprint density at radius 2 is 1.94 bits per heavy atom. The maximum atomic E-state index is 8.86. The van der Waals surface area contributed by atoms with Gasteiger partial charge >= 0.3 is 0 Å². The Hall–Kier alpha value is -0.860. The van der Waals surface area contributed by atoms with Crippen molar-refractivity contribution in [1.82, 2.24) is 4.90 Å². The van der Waals surface area contributed by atoms with Gasteiger partial charge in [0.15, 0.2) is 0 Å². The zero-order valence-electron chi connectivity index (χ0n) is 11.5. The van der Waals surface area contributed by atoms with Crippen LogP contribution in [0, 0.1) is 6.92 Å². The molecule has 0 atom stereocenters. The Morgan fingerprint density at radius 1 is 1.24 bits per heavy atom. The lowest BCUT2D eigenvalue weighted by Gasteiger charge is -2.17. The lowest BCUT2D eigenvalue weighted by Crippen LogP contribution is -2.24. The van der Waals surface area contributed by atoms with Gasteiger partial charge < -0.3 is 10.0 Å². The molecule has 0 heterocycles. The van der Waals surface area contributed by atoms with Crippen LogP contribution in [0.3, 0.4) is 0 Å². The molecule has 0 amide bonds. The van der Waals surface area contributed by atoms with E-state index in [4.69, 9.17) is 5.11 Å². The maximum absolute atomic E-state index is 8.86. The molecule has 0 saturated heterocycles. The molecule has 1 aromatic carbocycles. The molecule has 17 heavy (non-hydrogen) atoms. The minimum Gasteiger partial charge on any atom is -0.395 e. The molecule has 0 fully saturated rings. The van der Waals surface area contributed by atoms with E-state index in [0.29, 0.717) is 5.92 Å². The smallest absolute Gasteiger partial charge is 0.0558 e. The van der Waals surface area contributed by atoms with E-state index in [2.05, 4.69) is 50.9 Å². The monoisotopic (exact) mass is 235 g/mol. The van der Waals surface area contributed by atoms with Gasteiger partial charge in [-0.1, -0.05) is 32.0 Å². The lowest BCUT2D eigenvalue weighted by atomic mass is 9.96. The number of aliphatic hydroxyl groups excluding tert-OH is 1. The highest BCUT2D eigenvalue weighted by atomic mass is 16.3. The van der Waals surface area contributed by atoms with E-state index >= 15 is 0 Å². The predicted octanol–water partition coefficient (Wildman–Crippen LogP) is 2.59. The highest BCUT2D eigenvalue weighted by Gasteiger charge is 2.05. The zero-order valence-corrected chi connectivity index (χ0v) is 11.5. The molecule has 2 nitrogen and oxygen atoms in total. The summed E-state index contributed by atoms with van der Waals surface area (Å²) < 4.78 is 0. The molecule has 0 unspecified atom stereocenters. The first kappa shape index (κ1) is 14.2. The van der Waals surface area contributed by atoms with Crippen LogP contribution in [0.4, 0.5) is 0 Å². The SMILES string of the molecule is Cc1ccc(C(C)C)cc1CCN(C)CCO. The van der Waals surface area contributed by atoms with Gasteiger partial charge in [0.2, 0.25) is 0 Å². The summed E-state index contributed by atoms with van der Waals surface area (Å²) in [4.78, 5) is 2.17. The number of aliphatic hydroxyl groups is 1. The molecule has 0 saturated carbocycles. The fourth-order valence-electron chi connectivity index (χ4n) is 1.91. The van der Waals surface area contributed by atoms with Gasteiger partial charge in [-0.2, -0.15) is 0 Å². The molecule has 1 aromatic rings. The van der Waals surface area contributed by atoms with Crippen molar-refractivity contribution in [2.45, 2.75) is 33.1 Å². The summed E-state index contributed by atoms with van der Waals surface area (Å²) in [5.74, 6) is 0.588. The molecule has 1 N–H and O–H groups in total. The predicted molar refractivity (Wildman–Crippen MR) is 73.6 cm³/mol. The fourth-order valence-corrected chi connectivity index (χ4v) is 1.91. The Bertz CT molecular complexity index is 347. The van der Waals surface area contributed by atoms with E-state index in [1.807, 2.05) is 0 Å². The first-order chi connectivity index (χ1) is 8.04. The van der Waals surface area contributed by atoms with Crippen molar-refractivity contribution < 1.29 is 5.11 Å². The number of hydrogen-bond donors (Lipinski definition) is 1. The van der Waals surface area contributed by atoms with Crippen molar-refractivity contribution >= 4 is 0 Å². The van der Waals surface area contributed by atoms with Crippen LogP contribution in [0.2, 0.25) is 0 Å². The Kier molecular flexibility index (Phi) is 5.66. The number of aryl methyl sites for hydroxylation is 1. The summed E-state index contributed by atoms with van der Waals surface area (Å²) in [7, 11) is 2.05. The van der Waals surface area contributed by atoms with Crippen molar-refractivity contribution in [3.63, 3.8) is 0 Å². The third kappa shape index (κ3) is 4.49. The summed E-state index contributed by atoms with van der Waals surface area (Å²) in [6, 6.07) is 6.77. The van der Waals surface area contributed by atoms with Crippen molar-refractivity contribution in [2.75, 3.05) is 26.7 Å². The zero-order chi connectivity index (χ0) is 12.8. The van der Waals surface area contributed by atoms with E-state index in [-0.39, 0.29) is 6.61 Å². The minimum absolute atomic E-state index is 0.238. The van der Waals surface area contributed by atoms with Crippen LogP contribution in [-0.2, 0) is 6.42 Å². The molecule has 1 rings (SSSR count). The van der Waals surface area contributed by atoms with Gasteiger partial charge in [-0.05, 0) is 43.0 Å². The summed E-state index contributed by atoms with van der Waals surface area (Å²) in [5, 5.41) is 8.86. The van der Waals surface area contributed by atoms with Gasteiger partial charge in [-0.25, -0.2) is 0 Å². The van der Waals surface area contributed by atoms with Crippen molar-refractivity contribution in [2.24, 2.45) is 0 Å². The van der Waals surface area contributed by atoms with Gasteiger partial charge in [0.25, 0.3) is 0 Å². The Labute approximate surface area is 105 Å². The average molecular weight is 235 g/mol. The van der Waals surface area contributed by atoms with E-state index in [1.54, 1.807) is 0 Å². The van der Waals surface area contributed by atoms with Crippen LogP contribution in [0.25, 0.3) is 0 Å². The number of likely N-dealkylation sites (N-methyl/N-ethyl adjacent to an activating group) is 1. The fraction of sp³-hybridized carbons (Fsp3) is 0.600. The van der Waals surface area contributed by atoms with Crippen LogP contribution in [0.1, 0.15) is 36.5 Å². The highest BCUT2D eigenvalue weighted by molar-refractivity contribution is 5.32. The Morgan fingerprint density at radius 3 is 2.53 bits per heavy atom. The number of benzene rings is 1. The third-order valence-corrected chi connectivity index (χ3v) is 3.28. The van der Waals surface area contributed by atoms with Gasteiger partial charge in [0, 0.05) is 13.1 Å². The molecule has 0 bridgehead atoms. The van der Waals surface area contributed by atoms with Crippen molar-refractivity contribution in [1.29, 1.82) is 0 Å². The summed E-state index contributed by atoms with van der Waals surface area (Å²) in [5.41, 5.74) is 4.21. The number of rotatable bonds is 6. The van der Waals surface area contributed by atoms with Gasteiger partial charge in [-0.15, -0.1) is 0 Å².